The first kappa shape index (κ1) is 20.2. The van der Waals surface area contributed by atoms with Crippen LogP contribution in [0.4, 0.5) is 0 Å². The average molecular weight is 368 g/mol. The van der Waals surface area contributed by atoms with Gasteiger partial charge >= 0.3 is 5.97 Å². The standard InChI is InChI=1S/C21H24N2O4/c1-14-8-6-7-11-17(14)13-19(21(26)27)23-20(25)18(22-15(2)24)12-16-9-4-3-5-10-16/h3-11,18-19H,12-13H2,1-2H3,(H,22,24)(H,23,25)(H,26,27)/t18-,19+/m1/s1. The third-order valence-corrected chi connectivity index (χ3v) is 4.28. The minimum Gasteiger partial charge on any atom is -0.480 e. The van der Waals surface area contributed by atoms with Crippen LogP contribution in [0.25, 0.3) is 0 Å². The number of carboxylic acids is 1. The highest BCUT2D eigenvalue weighted by molar-refractivity contribution is 5.90. The van der Waals surface area contributed by atoms with Crippen LogP contribution in [-0.2, 0) is 27.2 Å². The van der Waals surface area contributed by atoms with Crippen LogP contribution in [0.3, 0.4) is 0 Å². The largest absolute Gasteiger partial charge is 0.480 e. The fraction of sp³-hybridized carbons (Fsp3) is 0.286. The normalized spacial score (nSPS) is 12.7. The van der Waals surface area contributed by atoms with E-state index in [9.17, 15) is 19.5 Å². The molecule has 27 heavy (non-hydrogen) atoms. The molecule has 2 atom stereocenters. The highest BCUT2D eigenvalue weighted by Crippen LogP contribution is 2.11. The van der Waals surface area contributed by atoms with Gasteiger partial charge in [0.1, 0.15) is 12.1 Å². The van der Waals surface area contributed by atoms with Crippen molar-refractivity contribution in [2.24, 2.45) is 0 Å². The summed E-state index contributed by atoms with van der Waals surface area (Å²) in [7, 11) is 0. The molecular formula is C21H24N2O4. The van der Waals surface area contributed by atoms with Gasteiger partial charge in [0, 0.05) is 19.8 Å². The first-order valence-electron chi connectivity index (χ1n) is 8.75. The van der Waals surface area contributed by atoms with E-state index >= 15 is 0 Å². The molecule has 6 heteroatoms. The molecule has 0 heterocycles. The van der Waals surface area contributed by atoms with E-state index in [1.165, 1.54) is 6.92 Å². The molecule has 0 unspecified atom stereocenters. The van der Waals surface area contributed by atoms with Crippen molar-refractivity contribution in [3.05, 3.63) is 71.3 Å². The number of carboxylic acid groups (broad SMARTS) is 1. The van der Waals surface area contributed by atoms with Gasteiger partial charge in [-0.25, -0.2) is 4.79 Å². The number of nitrogens with one attached hydrogen (secondary N) is 2. The summed E-state index contributed by atoms with van der Waals surface area (Å²) < 4.78 is 0. The van der Waals surface area contributed by atoms with E-state index in [4.69, 9.17) is 0 Å². The maximum absolute atomic E-state index is 12.7. The predicted molar refractivity (Wildman–Crippen MR) is 102 cm³/mol. The first-order valence-corrected chi connectivity index (χ1v) is 8.75. The van der Waals surface area contributed by atoms with Crippen molar-refractivity contribution in [2.45, 2.75) is 38.8 Å². The van der Waals surface area contributed by atoms with E-state index < -0.39 is 24.0 Å². The van der Waals surface area contributed by atoms with Crippen molar-refractivity contribution in [2.75, 3.05) is 0 Å². The second-order valence-corrected chi connectivity index (χ2v) is 6.47. The van der Waals surface area contributed by atoms with E-state index in [2.05, 4.69) is 10.6 Å². The number of aryl methyl sites for hydroxylation is 1. The highest BCUT2D eigenvalue weighted by atomic mass is 16.4. The molecule has 142 valence electrons. The van der Waals surface area contributed by atoms with Gasteiger partial charge in [-0.2, -0.15) is 0 Å². The molecule has 0 fully saturated rings. The number of carbonyl (C=O) groups is 3. The second-order valence-electron chi connectivity index (χ2n) is 6.47. The molecule has 0 bridgehead atoms. The monoisotopic (exact) mass is 368 g/mol. The maximum atomic E-state index is 12.7. The van der Waals surface area contributed by atoms with Crippen LogP contribution in [0.1, 0.15) is 23.6 Å². The van der Waals surface area contributed by atoms with Crippen LogP contribution in [0, 0.1) is 6.92 Å². The molecular weight excluding hydrogens is 344 g/mol. The van der Waals surface area contributed by atoms with Crippen molar-refractivity contribution in [1.82, 2.24) is 10.6 Å². The zero-order valence-electron chi connectivity index (χ0n) is 15.4. The Morgan fingerprint density at radius 3 is 2.11 bits per heavy atom. The number of carbonyl (C=O) groups excluding carboxylic acids is 2. The second kappa shape index (κ2) is 9.52. The Morgan fingerprint density at radius 2 is 1.52 bits per heavy atom. The summed E-state index contributed by atoms with van der Waals surface area (Å²) in [5.41, 5.74) is 2.68. The summed E-state index contributed by atoms with van der Waals surface area (Å²) >= 11 is 0. The molecule has 0 spiro atoms. The Labute approximate surface area is 158 Å². The summed E-state index contributed by atoms with van der Waals surface area (Å²) in [6, 6.07) is 14.8. The van der Waals surface area contributed by atoms with Gasteiger partial charge in [0.15, 0.2) is 0 Å². The first-order chi connectivity index (χ1) is 12.9. The summed E-state index contributed by atoms with van der Waals surface area (Å²) in [5.74, 6) is -1.99. The molecule has 2 aromatic rings. The zero-order chi connectivity index (χ0) is 19.8. The van der Waals surface area contributed by atoms with Crippen LogP contribution >= 0.6 is 0 Å². The fourth-order valence-corrected chi connectivity index (χ4v) is 2.84. The van der Waals surface area contributed by atoms with Crippen molar-refractivity contribution >= 4 is 17.8 Å². The lowest BCUT2D eigenvalue weighted by atomic mass is 10.00. The third-order valence-electron chi connectivity index (χ3n) is 4.28. The number of benzene rings is 2. The van der Waals surface area contributed by atoms with Crippen LogP contribution in [0.15, 0.2) is 54.6 Å². The lowest BCUT2D eigenvalue weighted by Gasteiger charge is -2.21. The maximum Gasteiger partial charge on any atom is 0.326 e. The molecule has 2 amide bonds. The van der Waals surface area contributed by atoms with Gasteiger partial charge in [-0.1, -0.05) is 54.6 Å². The molecule has 0 saturated heterocycles. The summed E-state index contributed by atoms with van der Waals surface area (Å²) in [5, 5.41) is 14.7. The summed E-state index contributed by atoms with van der Waals surface area (Å²) in [6.45, 7) is 3.22. The minimum absolute atomic E-state index is 0.172. The quantitative estimate of drug-likeness (QED) is 0.663. The van der Waals surface area contributed by atoms with Gasteiger partial charge in [-0.15, -0.1) is 0 Å². The molecule has 0 aliphatic heterocycles. The molecule has 0 saturated carbocycles. The van der Waals surface area contributed by atoms with E-state index in [-0.39, 0.29) is 18.7 Å². The minimum atomic E-state index is -1.12. The predicted octanol–water partition coefficient (Wildman–Crippen LogP) is 1.85. The van der Waals surface area contributed by atoms with Crippen LogP contribution in [-0.4, -0.2) is 35.0 Å². The van der Waals surface area contributed by atoms with Crippen LogP contribution in [0.2, 0.25) is 0 Å². The molecule has 6 nitrogen and oxygen atoms in total. The van der Waals surface area contributed by atoms with E-state index in [1.807, 2.05) is 61.5 Å². The third kappa shape index (κ3) is 6.26. The lowest BCUT2D eigenvalue weighted by molar-refractivity contribution is -0.142. The van der Waals surface area contributed by atoms with Gasteiger partial charge < -0.3 is 15.7 Å². The van der Waals surface area contributed by atoms with Crippen molar-refractivity contribution < 1.29 is 19.5 Å². The van der Waals surface area contributed by atoms with E-state index in [1.54, 1.807) is 0 Å². The Morgan fingerprint density at radius 1 is 0.889 bits per heavy atom. The SMILES string of the molecule is CC(=O)N[C@H](Cc1ccccc1)C(=O)N[C@@H](Cc1ccccc1C)C(=O)O. The van der Waals surface area contributed by atoms with Gasteiger partial charge in [0.25, 0.3) is 0 Å². The van der Waals surface area contributed by atoms with Crippen molar-refractivity contribution in [3.63, 3.8) is 0 Å². The molecule has 0 aliphatic carbocycles. The Kier molecular flexibility index (Phi) is 7.11. The number of rotatable bonds is 8. The zero-order valence-corrected chi connectivity index (χ0v) is 15.4. The fourth-order valence-electron chi connectivity index (χ4n) is 2.84. The highest BCUT2D eigenvalue weighted by Gasteiger charge is 2.26. The molecule has 2 aromatic carbocycles. The van der Waals surface area contributed by atoms with Gasteiger partial charge in [-0.3, -0.25) is 9.59 Å². The summed E-state index contributed by atoms with van der Waals surface area (Å²) in [4.78, 5) is 35.8. The molecule has 3 N–H and O–H groups in total. The molecule has 0 aromatic heterocycles. The Hall–Kier alpha value is -3.15. The van der Waals surface area contributed by atoms with Crippen molar-refractivity contribution in [3.8, 4) is 0 Å². The van der Waals surface area contributed by atoms with Crippen LogP contribution < -0.4 is 10.6 Å². The van der Waals surface area contributed by atoms with Gasteiger partial charge in [-0.05, 0) is 23.6 Å². The number of hydrogen-bond donors (Lipinski definition) is 3. The molecule has 2 rings (SSSR count). The topological polar surface area (TPSA) is 95.5 Å². The smallest absolute Gasteiger partial charge is 0.326 e. The summed E-state index contributed by atoms with van der Waals surface area (Å²) in [6.07, 6.45) is 0.453. The lowest BCUT2D eigenvalue weighted by Crippen LogP contribution is -2.52. The Bertz CT molecular complexity index is 805. The Balaban J connectivity index is 2.13. The number of aliphatic carboxylic acids is 1. The van der Waals surface area contributed by atoms with E-state index in [0.29, 0.717) is 0 Å². The average Bonchev–Trinajstić information content (AvgIpc) is 2.62. The molecule has 0 radical (unpaired) electrons. The molecule has 0 aliphatic rings. The van der Waals surface area contributed by atoms with Crippen LogP contribution in [0.5, 0.6) is 0 Å². The van der Waals surface area contributed by atoms with Gasteiger partial charge in [0.2, 0.25) is 11.8 Å². The van der Waals surface area contributed by atoms with Crippen molar-refractivity contribution in [1.29, 1.82) is 0 Å². The number of hydrogen-bond acceptors (Lipinski definition) is 3. The van der Waals surface area contributed by atoms with Gasteiger partial charge in [0.05, 0.1) is 0 Å². The number of amides is 2. The van der Waals surface area contributed by atoms with E-state index in [0.717, 1.165) is 16.7 Å².